The van der Waals surface area contributed by atoms with E-state index in [9.17, 15) is 4.79 Å². The molecule has 1 unspecified atom stereocenters. The van der Waals surface area contributed by atoms with Gasteiger partial charge in [-0.05, 0) is 5.92 Å². The number of piperazine rings is 1. The van der Waals surface area contributed by atoms with E-state index in [1.54, 1.807) is 4.90 Å². The van der Waals surface area contributed by atoms with Gasteiger partial charge in [0.15, 0.2) is 0 Å². The molecule has 1 aliphatic heterocycles. The minimum atomic E-state index is -0.528. The topological polar surface area (TPSA) is 67.6 Å². The molecule has 0 aromatic heterocycles. The van der Waals surface area contributed by atoms with E-state index in [4.69, 9.17) is 10.4 Å². The molecule has 0 aromatic rings. The smallest absolute Gasteiger partial charge is 0.240 e. The van der Waals surface area contributed by atoms with Gasteiger partial charge in [0.2, 0.25) is 5.91 Å². The summed E-state index contributed by atoms with van der Waals surface area (Å²) in [4.78, 5) is 16.0. The fourth-order valence-corrected chi connectivity index (χ4v) is 2.02. The third kappa shape index (κ3) is 3.69. The number of carbonyl (C=O) groups is 1. The van der Waals surface area contributed by atoms with Gasteiger partial charge >= 0.3 is 0 Å². The molecule has 1 aliphatic rings. The van der Waals surface area contributed by atoms with E-state index < -0.39 is 5.92 Å². The van der Waals surface area contributed by atoms with Gasteiger partial charge in [-0.1, -0.05) is 13.8 Å². The number of carbonyl (C=O) groups excluding carboxylic acids is 1. The van der Waals surface area contributed by atoms with Gasteiger partial charge in [-0.3, -0.25) is 9.69 Å². The third-order valence-electron chi connectivity index (χ3n) is 3.17. The quantitative estimate of drug-likeness (QED) is 0.745. The Morgan fingerprint density at radius 2 is 1.94 bits per heavy atom. The number of rotatable bonds is 4. The van der Waals surface area contributed by atoms with Crippen molar-refractivity contribution in [1.82, 2.24) is 9.80 Å². The van der Waals surface area contributed by atoms with Crippen molar-refractivity contribution >= 4 is 5.91 Å². The molecule has 1 fully saturated rings. The van der Waals surface area contributed by atoms with E-state index in [-0.39, 0.29) is 18.4 Å². The fourth-order valence-electron chi connectivity index (χ4n) is 2.02. The standard InChI is InChI=1S/C12H21N3O2/c1-10(2)11(9-13)12(17)15-5-3-14(4-6-15)7-8-16/h10-11,16H,3-8H2,1-2H3. The second-order valence-corrected chi connectivity index (χ2v) is 4.74. The molecule has 0 aromatic carbocycles. The molecule has 1 heterocycles. The lowest BCUT2D eigenvalue weighted by Crippen LogP contribution is -2.51. The number of nitriles is 1. The zero-order valence-electron chi connectivity index (χ0n) is 10.6. The monoisotopic (exact) mass is 239 g/mol. The molecular formula is C12H21N3O2. The molecule has 1 atom stereocenters. The Morgan fingerprint density at radius 3 is 2.35 bits per heavy atom. The van der Waals surface area contributed by atoms with Crippen LogP contribution in [0.15, 0.2) is 0 Å². The Hall–Kier alpha value is -1.12. The first kappa shape index (κ1) is 13.9. The Labute approximate surface area is 103 Å². The summed E-state index contributed by atoms with van der Waals surface area (Å²) in [5.41, 5.74) is 0. The first-order valence-corrected chi connectivity index (χ1v) is 6.11. The van der Waals surface area contributed by atoms with Crippen LogP contribution in [0.2, 0.25) is 0 Å². The molecule has 1 rings (SSSR count). The summed E-state index contributed by atoms with van der Waals surface area (Å²) in [6.45, 7) is 7.48. The van der Waals surface area contributed by atoms with Gasteiger partial charge < -0.3 is 10.0 Å². The highest BCUT2D eigenvalue weighted by Crippen LogP contribution is 2.14. The highest BCUT2D eigenvalue weighted by atomic mass is 16.3. The number of amides is 1. The van der Waals surface area contributed by atoms with Crippen molar-refractivity contribution < 1.29 is 9.90 Å². The van der Waals surface area contributed by atoms with Crippen LogP contribution in [0.1, 0.15) is 13.8 Å². The number of aliphatic hydroxyl groups excluding tert-OH is 1. The molecule has 0 saturated carbocycles. The summed E-state index contributed by atoms with van der Waals surface area (Å²) in [5, 5.41) is 17.8. The molecule has 5 nitrogen and oxygen atoms in total. The SMILES string of the molecule is CC(C)C(C#N)C(=O)N1CCN(CCO)CC1. The van der Waals surface area contributed by atoms with Crippen molar-refractivity contribution in [3.8, 4) is 6.07 Å². The first-order chi connectivity index (χ1) is 8.10. The highest BCUT2D eigenvalue weighted by molar-refractivity contribution is 5.81. The maximum atomic E-state index is 12.1. The van der Waals surface area contributed by atoms with E-state index in [0.29, 0.717) is 19.6 Å². The third-order valence-corrected chi connectivity index (χ3v) is 3.17. The van der Waals surface area contributed by atoms with Gasteiger partial charge in [0, 0.05) is 32.7 Å². The largest absolute Gasteiger partial charge is 0.395 e. The van der Waals surface area contributed by atoms with Crippen LogP contribution in [0.4, 0.5) is 0 Å². The average Bonchev–Trinajstić information content (AvgIpc) is 2.30. The van der Waals surface area contributed by atoms with E-state index >= 15 is 0 Å². The van der Waals surface area contributed by atoms with Crippen LogP contribution in [0, 0.1) is 23.2 Å². The maximum absolute atomic E-state index is 12.1. The summed E-state index contributed by atoms with van der Waals surface area (Å²) in [6, 6.07) is 2.09. The predicted octanol–water partition coefficient (Wildman–Crippen LogP) is -0.0813. The van der Waals surface area contributed by atoms with Crippen LogP contribution in [-0.4, -0.2) is 60.1 Å². The summed E-state index contributed by atoms with van der Waals surface area (Å²) < 4.78 is 0. The zero-order chi connectivity index (χ0) is 12.8. The molecule has 1 N–H and O–H groups in total. The number of β-amino-alcohol motifs (C(OH)–C–C–N with tert-alkyl or cyclic N) is 1. The fraction of sp³-hybridized carbons (Fsp3) is 0.833. The number of hydrogen-bond donors (Lipinski definition) is 1. The summed E-state index contributed by atoms with van der Waals surface area (Å²) in [7, 11) is 0. The van der Waals surface area contributed by atoms with Gasteiger partial charge in [-0.2, -0.15) is 5.26 Å². The van der Waals surface area contributed by atoms with Crippen LogP contribution in [0.3, 0.4) is 0 Å². The Kier molecular flexibility index (Phi) is 5.39. The van der Waals surface area contributed by atoms with Crippen LogP contribution in [0.5, 0.6) is 0 Å². The molecule has 0 aliphatic carbocycles. The van der Waals surface area contributed by atoms with Crippen LogP contribution < -0.4 is 0 Å². The van der Waals surface area contributed by atoms with Crippen LogP contribution in [0.25, 0.3) is 0 Å². The number of nitrogens with zero attached hydrogens (tertiary/aromatic N) is 3. The highest BCUT2D eigenvalue weighted by Gasteiger charge is 2.29. The van der Waals surface area contributed by atoms with E-state index in [0.717, 1.165) is 13.1 Å². The minimum absolute atomic E-state index is 0.0499. The molecule has 1 saturated heterocycles. The van der Waals surface area contributed by atoms with Crippen LogP contribution in [-0.2, 0) is 4.79 Å². The van der Waals surface area contributed by atoms with Crippen molar-refractivity contribution in [3.63, 3.8) is 0 Å². The summed E-state index contributed by atoms with van der Waals surface area (Å²) in [5.74, 6) is -0.520. The van der Waals surface area contributed by atoms with Gasteiger partial charge in [-0.25, -0.2) is 0 Å². The van der Waals surface area contributed by atoms with E-state index in [1.165, 1.54) is 0 Å². The Bertz CT molecular complexity index is 291. The molecule has 96 valence electrons. The first-order valence-electron chi connectivity index (χ1n) is 6.11. The second-order valence-electron chi connectivity index (χ2n) is 4.74. The van der Waals surface area contributed by atoms with E-state index in [2.05, 4.69) is 11.0 Å². The zero-order valence-corrected chi connectivity index (χ0v) is 10.6. The average molecular weight is 239 g/mol. The number of aliphatic hydroxyl groups is 1. The van der Waals surface area contributed by atoms with Gasteiger partial charge in [0.05, 0.1) is 12.7 Å². The normalized spacial score (nSPS) is 19.1. The molecule has 5 heteroatoms. The number of hydrogen-bond acceptors (Lipinski definition) is 4. The second kappa shape index (κ2) is 6.58. The molecule has 1 amide bonds. The lowest BCUT2D eigenvalue weighted by atomic mass is 9.96. The minimum Gasteiger partial charge on any atom is -0.395 e. The summed E-state index contributed by atoms with van der Waals surface area (Å²) in [6.07, 6.45) is 0. The Balaban J connectivity index is 2.48. The van der Waals surface area contributed by atoms with Gasteiger partial charge in [0.25, 0.3) is 0 Å². The Morgan fingerprint density at radius 1 is 1.35 bits per heavy atom. The lowest BCUT2D eigenvalue weighted by Gasteiger charge is -2.35. The van der Waals surface area contributed by atoms with E-state index in [1.807, 2.05) is 13.8 Å². The molecule has 17 heavy (non-hydrogen) atoms. The molecule has 0 spiro atoms. The maximum Gasteiger partial charge on any atom is 0.240 e. The molecule has 0 bridgehead atoms. The van der Waals surface area contributed by atoms with Crippen molar-refractivity contribution in [3.05, 3.63) is 0 Å². The van der Waals surface area contributed by atoms with Crippen molar-refractivity contribution in [2.75, 3.05) is 39.3 Å². The molecular weight excluding hydrogens is 218 g/mol. The van der Waals surface area contributed by atoms with Crippen molar-refractivity contribution in [2.45, 2.75) is 13.8 Å². The van der Waals surface area contributed by atoms with Crippen molar-refractivity contribution in [1.29, 1.82) is 5.26 Å². The van der Waals surface area contributed by atoms with Crippen molar-refractivity contribution in [2.24, 2.45) is 11.8 Å². The van der Waals surface area contributed by atoms with Crippen LogP contribution >= 0.6 is 0 Å². The van der Waals surface area contributed by atoms with Gasteiger partial charge in [0.1, 0.15) is 5.92 Å². The molecule has 0 radical (unpaired) electrons. The predicted molar refractivity (Wildman–Crippen MR) is 64.0 cm³/mol. The lowest BCUT2D eigenvalue weighted by molar-refractivity contribution is -0.136. The van der Waals surface area contributed by atoms with Gasteiger partial charge in [-0.15, -0.1) is 0 Å². The summed E-state index contributed by atoms with van der Waals surface area (Å²) >= 11 is 0.